The van der Waals surface area contributed by atoms with E-state index in [1.54, 1.807) is 20.8 Å². The van der Waals surface area contributed by atoms with E-state index in [0.29, 0.717) is 31.7 Å². The van der Waals surface area contributed by atoms with Crippen molar-refractivity contribution in [1.29, 1.82) is 0 Å². The van der Waals surface area contributed by atoms with Gasteiger partial charge in [-0.1, -0.05) is 19.0 Å². The lowest BCUT2D eigenvalue weighted by atomic mass is 9.90. The molecule has 31 heavy (non-hydrogen) atoms. The molecule has 2 heterocycles. The second-order valence-electron chi connectivity index (χ2n) is 10.1. The molecule has 0 atom stereocenters. The lowest BCUT2D eigenvalue weighted by Gasteiger charge is -2.30. The fourth-order valence-electron chi connectivity index (χ4n) is 2.98. The minimum Gasteiger partial charge on any atom is -0.464 e. The number of amides is 1. The predicted octanol–water partition coefficient (Wildman–Crippen LogP) is 2.85. The molecule has 1 aliphatic heterocycles. The van der Waals surface area contributed by atoms with Crippen LogP contribution in [0.15, 0.2) is 10.6 Å². The molecule has 1 saturated heterocycles. The van der Waals surface area contributed by atoms with Gasteiger partial charge in [-0.05, 0) is 47.5 Å². The maximum absolute atomic E-state index is 13.0. The molecule has 0 aromatic carbocycles. The second-order valence-corrected chi connectivity index (χ2v) is 12.9. The summed E-state index contributed by atoms with van der Waals surface area (Å²) in [6, 6.07) is 1.51. The van der Waals surface area contributed by atoms with Crippen molar-refractivity contribution >= 4 is 27.6 Å². The molecule has 1 amide bonds. The summed E-state index contributed by atoms with van der Waals surface area (Å²) in [4.78, 5) is 24.9. The fraction of sp³-hybridized carbons (Fsp3) is 0.762. The van der Waals surface area contributed by atoms with Crippen LogP contribution in [-0.2, 0) is 34.3 Å². The van der Waals surface area contributed by atoms with Crippen LogP contribution in [0.4, 0.5) is 5.88 Å². The summed E-state index contributed by atoms with van der Waals surface area (Å²) in [6.45, 7) is 12.5. The van der Waals surface area contributed by atoms with Gasteiger partial charge in [0.2, 0.25) is 11.8 Å². The van der Waals surface area contributed by atoms with E-state index in [1.807, 2.05) is 13.8 Å². The summed E-state index contributed by atoms with van der Waals surface area (Å²) in [5, 5.41) is 5.87. The van der Waals surface area contributed by atoms with Crippen LogP contribution >= 0.6 is 0 Å². The number of esters is 1. The third-order valence-corrected chi connectivity index (χ3v) is 8.44. The van der Waals surface area contributed by atoms with E-state index in [-0.39, 0.29) is 18.5 Å². The Labute approximate surface area is 184 Å². The van der Waals surface area contributed by atoms with Crippen molar-refractivity contribution < 1.29 is 32.0 Å². The zero-order valence-electron chi connectivity index (χ0n) is 19.4. The van der Waals surface area contributed by atoms with E-state index in [1.165, 1.54) is 19.9 Å². The van der Waals surface area contributed by atoms with Crippen molar-refractivity contribution in [2.45, 2.75) is 76.7 Å². The minimum absolute atomic E-state index is 0.0328. The summed E-state index contributed by atoms with van der Waals surface area (Å²) >= 11 is 0. The van der Waals surface area contributed by atoms with E-state index in [2.05, 4.69) is 10.5 Å². The molecule has 2 rings (SSSR count). The number of ether oxygens (including phenoxy) is 2. The van der Waals surface area contributed by atoms with Gasteiger partial charge in [-0.3, -0.25) is 14.9 Å². The molecule has 10 heteroatoms. The Morgan fingerprint density at radius 2 is 1.71 bits per heavy atom. The standard InChI is InChI=1S/C21H34N2O7S/c1-19(2,3)18(25)29-13-20(4,5)15-12-16(30-23-15)22-17(24)21(6,7)31(26,27)14-8-10-28-11-9-14/h12,14H,8-11,13H2,1-7H3,(H,22,24). The number of hydrogen-bond acceptors (Lipinski definition) is 8. The number of aromatic nitrogens is 1. The van der Waals surface area contributed by atoms with Crippen molar-refractivity contribution in [3.8, 4) is 0 Å². The molecule has 1 aromatic heterocycles. The quantitative estimate of drug-likeness (QED) is 0.619. The van der Waals surface area contributed by atoms with Gasteiger partial charge in [0.1, 0.15) is 11.4 Å². The zero-order valence-corrected chi connectivity index (χ0v) is 20.2. The maximum Gasteiger partial charge on any atom is 0.311 e. The van der Waals surface area contributed by atoms with E-state index < -0.39 is 36.6 Å². The van der Waals surface area contributed by atoms with Crippen molar-refractivity contribution in [3.05, 3.63) is 11.8 Å². The Bertz CT molecular complexity index is 904. The molecule has 0 saturated carbocycles. The Hall–Kier alpha value is -1.94. The van der Waals surface area contributed by atoms with Crippen LogP contribution < -0.4 is 5.32 Å². The van der Waals surface area contributed by atoms with E-state index in [0.717, 1.165) is 0 Å². The number of sulfone groups is 1. The first-order chi connectivity index (χ1) is 14.1. The first kappa shape index (κ1) is 25.3. The number of carbonyl (C=O) groups excluding carboxylic acids is 2. The van der Waals surface area contributed by atoms with Gasteiger partial charge in [0.05, 0.1) is 16.4 Å². The lowest BCUT2D eigenvalue weighted by molar-refractivity contribution is -0.154. The number of nitrogens with one attached hydrogen (secondary N) is 1. The SMILES string of the molecule is CC(C)(C)C(=O)OCC(C)(C)c1cc(NC(=O)C(C)(C)S(=O)(=O)C2CCOCC2)on1. The van der Waals surface area contributed by atoms with Gasteiger partial charge in [-0.15, -0.1) is 0 Å². The first-order valence-electron chi connectivity index (χ1n) is 10.4. The summed E-state index contributed by atoms with van der Waals surface area (Å²) < 4.78 is 40.2. The van der Waals surface area contributed by atoms with Gasteiger partial charge in [-0.2, -0.15) is 0 Å². The predicted molar refractivity (Wildman–Crippen MR) is 115 cm³/mol. The average molecular weight is 459 g/mol. The Morgan fingerprint density at radius 1 is 1.13 bits per heavy atom. The van der Waals surface area contributed by atoms with Gasteiger partial charge < -0.3 is 14.0 Å². The fourth-order valence-corrected chi connectivity index (χ4v) is 4.94. The number of hydrogen-bond donors (Lipinski definition) is 1. The van der Waals surface area contributed by atoms with Crippen LogP contribution in [0.2, 0.25) is 0 Å². The number of nitrogens with zero attached hydrogens (tertiary/aromatic N) is 1. The molecule has 9 nitrogen and oxygen atoms in total. The molecule has 1 N–H and O–H groups in total. The Balaban J connectivity index is 2.09. The third-order valence-electron chi connectivity index (χ3n) is 5.48. The smallest absolute Gasteiger partial charge is 0.311 e. The highest BCUT2D eigenvalue weighted by Gasteiger charge is 2.47. The van der Waals surface area contributed by atoms with Crippen LogP contribution in [0, 0.1) is 5.41 Å². The van der Waals surface area contributed by atoms with Crippen LogP contribution in [0.5, 0.6) is 0 Å². The number of carbonyl (C=O) groups is 2. The molecular formula is C21H34N2O7S. The highest BCUT2D eigenvalue weighted by atomic mass is 32.2. The highest BCUT2D eigenvalue weighted by molar-refractivity contribution is 7.94. The Kier molecular flexibility index (Phi) is 7.27. The number of anilines is 1. The van der Waals surface area contributed by atoms with Gasteiger partial charge in [-0.25, -0.2) is 8.42 Å². The van der Waals surface area contributed by atoms with Gasteiger partial charge in [0.15, 0.2) is 9.84 Å². The van der Waals surface area contributed by atoms with Gasteiger partial charge >= 0.3 is 5.97 Å². The van der Waals surface area contributed by atoms with Crippen LogP contribution in [0.25, 0.3) is 0 Å². The van der Waals surface area contributed by atoms with Crippen molar-refractivity contribution in [2.75, 3.05) is 25.1 Å². The normalized spacial score (nSPS) is 16.7. The summed E-state index contributed by atoms with van der Waals surface area (Å²) in [6.07, 6.45) is 0.736. The molecule has 0 spiro atoms. The molecule has 1 aromatic rings. The molecule has 1 aliphatic rings. The summed E-state index contributed by atoms with van der Waals surface area (Å²) in [7, 11) is -3.75. The van der Waals surface area contributed by atoms with E-state index >= 15 is 0 Å². The highest BCUT2D eigenvalue weighted by Crippen LogP contribution is 2.30. The number of rotatable bonds is 7. The lowest BCUT2D eigenvalue weighted by Crippen LogP contribution is -2.50. The summed E-state index contributed by atoms with van der Waals surface area (Å²) in [5.74, 6) is -0.998. The maximum atomic E-state index is 13.0. The van der Waals surface area contributed by atoms with Gasteiger partial charge in [0, 0.05) is 24.7 Å². The zero-order chi connectivity index (χ0) is 23.7. The van der Waals surface area contributed by atoms with E-state index in [4.69, 9.17) is 14.0 Å². The minimum atomic E-state index is -3.75. The molecule has 0 radical (unpaired) electrons. The van der Waals surface area contributed by atoms with Crippen LogP contribution in [-0.4, -0.2) is 55.3 Å². The van der Waals surface area contributed by atoms with Crippen molar-refractivity contribution in [2.24, 2.45) is 5.41 Å². The van der Waals surface area contributed by atoms with Crippen LogP contribution in [0.3, 0.4) is 0 Å². The average Bonchev–Trinajstić information content (AvgIpc) is 3.15. The largest absolute Gasteiger partial charge is 0.464 e. The third kappa shape index (κ3) is 5.65. The second kappa shape index (κ2) is 8.90. The van der Waals surface area contributed by atoms with E-state index in [9.17, 15) is 18.0 Å². The Morgan fingerprint density at radius 3 is 2.26 bits per heavy atom. The van der Waals surface area contributed by atoms with Crippen molar-refractivity contribution in [3.63, 3.8) is 0 Å². The van der Waals surface area contributed by atoms with Crippen molar-refractivity contribution in [1.82, 2.24) is 5.16 Å². The molecule has 176 valence electrons. The molecule has 0 unspecified atom stereocenters. The molecular weight excluding hydrogens is 424 g/mol. The monoisotopic (exact) mass is 458 g/mol. The topological polar surface area (TPSA) is 125 Å². The first-order valence-corrected chi connectivity index (χ1v) is 11.9. The molecule has 0 bridgehead atoms. The molecule has 1 fully saturated rings. The molecule has 0 aliphatic carbocycles. The van der Waals surface area contributed by atoms with Crippen LogP contribution in [0.1, 0.15) is 67.0 Å². The van der Waals surface area contributed by atoms with Gasteiger partial charge in [0.25, 0.3) is 0 Å². The summed E-state index contributed by atoms with van der Waals surface area (Å²) in [5.41, 5.74) is -0.827.